The minimum atomic E-state index is -0.0798. The van der Waals surface area contributed by atoms with Gasteiger partial charge in [0.1, 0.15) is 22.4 Å². The number of aliphatic imine (C=N–C) groups is 1. The van der Waals surface area contributed by atoms with Crippen LogP contribution in [0.3, 0.4) is 0 Å². The number of hydrogen-bond donors (Lipinski definition) is 2. The Morgan fingerprint density at radius 3 is 2.81 bits per heavy atom. The van der Waals surface area contributed by atoms with Crippen LogP contribution in [0.5, 0.6) is 0 Å². The number of hydrogen-bond acceptors (Lipinski definition) is 8. The van der Waals surface area contributed by atoms with Crippen molar-refractivity contribution in [2.45, 2.75) is 36.7 Å². The molecule has 0 aromatic carbocycles. The average Bonchev–Trinajstić information content (AvgIpc) is 3.05. The Morgan fingerprint density at radius 2 is 2.07 bits per heavy atom. The Kier molecular flexibility index (Phi) is 4.96. The summed E-state index contributed by atoms with van der Waals surface area (Å²) in [5.41, 5.74) is 7.90. The van der Waals surface area contributed by atoms with Crippen molar-refractivity contribution in [3.05, 3.63) is 34.9 Å². The van der Waals surface area contributed by atoms with Crippen LogP contribution in [0.4, 0.5) is 11.6 Å². The molecule has 0 aliphatic carbocycles. The molecule has 1 saturated heterocycles. The summed E-state index contributed by atoms with van der Waals surface area (Å²) in [4.78, 5) is 21.5. The average molecular weight is 404 g/mol. The fourth-order valence-corrected chi connectivity index (χ4v) is 4.43. The molecule has 0 amide bonds. The summed E-state index contributed by atoms with van der Waals surface area (Å²) in [7, 11) is 1.80. The first-order chi connectivity index (χ1) is 13.0. The Morgan fingerprint density at radius 1 is 1.30 bits per heavy atom. The minimum absolute atomic E-state index is 0.0798. The number of nitrogens with two attached hydrogens (primary N) is 1. The van der Waals surface area contributed by atoms with Crippen molar-refractivity contribution in [2.24, 2.45) is 10.7 Å². The molecule has 0 unspecified atom stereocenters. The molecule has 0 bridgehead atoms. The summed E-state index contributed by atoms with van der Waals surface area (Å²) < 4.78 is 0. The molecule has 4 rings (SSSR count). The van der Waals surface area contributed by atoms with Crippen molar-refractivity contribution in [2.75, 3.05) is 30.4 Å². The van der Waals surface area contributed by atoms with Gasteiger partial charge in [-0.2, -0.15) is 0 Å². The van der Waals surface area contributed by atoms with Crippen molar-refractivity contribution >= 4 is 40.0 Å². The standard InChI is InChI=1S/C18H22ClN7S/c1-18(20)4-7-26(8-5-18)13-10-23-15-11(25-13)9-24-17(15)27-12-3-6-22-16(21-2)14(12)19/h3,6,10H,4-5,7-9,20H2,1-2H3,(H,21,22). The van der Waals surface area contributed by atoms with E-state index in [-0.39, 0.29) is 5.54 Å². The summed E-state index contributed by atoms with van der Waals surface area (Å²) in [5, 5.41) is 4.42. The fraction of sp³-hybridized carbons (Fsp3) is 0.444. The first-order valence-electron chi connectivity index (χ1n) is 8.91. The molecule has 142 valence electrons. The van der Waals surface area contributed by atoms with Crippen LogP contribution in [0.25, 0.3) is 0 Å². The summed E-state index contributed by atoms with van der Waals surface area (Å²) in [6.45, 7) is 4.47. The van der Waals surface area contributed by atoms with Crippen LogP contribution in [-0.4, -0.2) is 45.7 Å². The van der Waals surface area contributed by atoms with Crippen LogP contribution in [0.15, 0.2) is 28.3 Å². The molecule has 0 radical (unpaired) electrons. The zero-order valence-corrected chi connectivity index (χ0v) is 16.9. The second kappa shape index (κ2) is 7.26. The molecule has 2 aromatic rings. The van der Waals surface area contributed by atoms with E-state index < -0.39 is 0 Å². The number of halogens is 1. The van der Waals surface area contributed by atoms with E-state index in [4.69, 9.17) is 22.3 Å². The number of fused-ring (bicyclic) bond motifs is 1. The number of aromatic nitrogens is 3. The lowest BCUT2D eigenvalue weighted by molar-refractivity contribution is 0.363. The maximum Gasteiger partial charge on any atom is 0.147 e. The zero-order chi connectivity index (χ0) is 19.0. The van der Waals surface area contributed by atoms with Crippen LogP contribution in [0, 0.1) is 0 Å². The van der Waals surface area contributed by atoms with E-state index >= 15 is 0 Å². The van der Waals surface area contributed by atoms with E-state index in [0.29, 0.717) is 17.4 Å². The molecule has 4 heterocycles. The van der Waals surface area contributed by atoms with Gasteiger partial charge in [-0.15, -0.1) is 0 Å². The molecule has 9 heteroatoms. The van der Waals surface area contributed by atoms with Gasteiger partial charge in [0.25, 0.3) is 0 Å². The lowest BCUT2D eigenvalue weighted by Crippen LogP contribution is -2.48. The van der Waals surface area contributed by atoms with Crippen LogP contribution in [0.1, 0.15) is 31.2 Å². The normalized spacial score (nSPS) is 18.2. The summed E-state index contributed by atoms with van der Waals surface area (Å²) in [6.07, 6.45) is 5.48. The number of nitrogens with one attached hydrogen (secondary N) is 1. The van der Waals surface area contributed by atoms with Gasteiger partial charge in [-0.25, -0.2) is 15.0 Å². The van der Waals surface area contributed by atoms with E-state index in [9.17, 15) is 0 Å². The molecule has 2 aliphatic rings. The van der Waals surface area contributed by atoms with Crippen LogP contribution >= 0.6 is 23.4 Å². The molecular formula is C18H22ClN7S. The SMILES string of the molecule is CNc1nccc(SC2=NCc3nc(N4CCC(C)(N)CC4)cnc32)c1Cl. The lowest BCUT2D eigenvalue weighted by atomic mass is 9.91. The molecule has 7 nitrogen and oxygen atoms in total. The van der Waals surface area contributed by atoms with E-state index in [1.54, 1.807) is 13.2 Å². The van der Waals surface area contributed by atoms with Crippen LogP contribution < -0.4 is 16.0 Å². The molecule has 27 heavy (non-hydrogen) atoms. The Hall–Kier alpha value is -1.90. The van der Waals surface area contributed by atoms with Gasteiger partial charge in [-0.3, -0.25) is 4.99 Å². The largest absolute Gasteiger partial charge is 0.372 e. The topological polar surface area (TPSA) is 92.3 Å². The van der Waals surface area contributed by atoms with E-state index in [1.165, 1.54) is 11.8 Å². The fourth-order valence-electron chi connectivity index (χ4n) is 3.19. The Balaban J connectivity index is 1.52. The highest BCUT2D eigenvalue weighted by atomic mass is 35.5. The van der Waals surface area contributed by atoms with Crippen LogP contribution in [-0.2, 0) is 6.54 Å². The van der Waals surface area contributed by atoms with Gasteiger partial charge in [-0.05, 0) is 25.8 Å². The van der Waals surface area contributed by atoms with Gasteiger partial charge < -0.3 is 16.0 Å². The molecule has 0 saturated carbocycles. The lowest BCUT2D eigenvalue weighted by Gasteiger charge is -2.37. The minimum Gasteiger partial charge on any atom is -0.372 e. The van der Waals surface area contributed by atoms with E-state index in [0.717, 1.165) is 53.1 Å². The summed E-state index contributed by atoms with van der Waals surface area (Å²) >= 11 is 7.91. The number of rotatable bonds is 3. The molecule has 0 spiro atoms. The highest BCUT2D eigenvalue weighted by Crippen LogP contribution is 2.36. The van der Waals surface area contributed by atoms with Crippen molar-refractivity contribution in [1.82, 2.24) is 15.0 Å². The first kappa shape index (κ1) is 18.5. The third-order valence-corrected chi connectivity index (χ3v) is 6.50. The van der Waals surface area contributed by atoms with Crippen molar-refractivity contribution in [1.29, 1.82) is 0 Å². The van der Waals surface area contributed by atoms with Gasteiger partial charge in [0.2, 0.25) is 0 Å². The van der Waals surface area contributed by atoms with E-state index in [1.807, 2.05) is 12.3 Å². The predicted molar refractivity (Wildman–Crippen MR) is 111 cm³/mol. The monoisotopic (exact) mass is 403 g/mol. The third-order valence-electron chi connectivity index (χ3n) is 4.93. The number of piperidine rings is 1. The predicted octanol–water partition coefficient (Wildman–Crippen LogP) is 2.94. The zero-order valence-electron chi connectivity index (χ0n) is 15.4. The van der Waals surface area contributed by atoms with Crippen LogP contribution in [0.2, 0.25) is 5.02 Å². The van der Waals surface area contributed by atoms with E-state index in [2.05, 4.69) is 32.1 Å². The molecular weight excluding hydrogens is 382 g/mol. The Bertz CT molecular complexity index is 889. The maximum atomic E-state index is 6.41. The smallest absolute Gasteiger partial charge is 0.147 e. The Labute approximate surface area is 167 Å². The second-order valence-corrected chi connectivity index (χ2v) is 8.52. The molecule has 3 N–H and O–H groups in total. The van der Waals surface area contributed by atoms with Crippen molar-refractivity contribution in [3.63, 3.8) is 0 Å². The van der Waals surface area contributed by atoms with Gasteiger partial charge in [0.15, 0.2) is 0 Å². The molecule has 0 atom stereocenters. The van der Waals surface area contributed by atoms with Gasteiger partial charge in [0.05, 0.1) is 23.5 Å². The molecule has 1 fully saturated rings. The molecule has 2 aliphatic heterocycles. The third kappa shape index (κ3) is 3.74. The van der Waals surface area contributed by atoms with Crippen molar-refractivity contribution in [3.8, 4) is 0 Å². The maximum absolute atomic E-state index is 6.41. The summed E-state index contributed by atoms with van der Waals surface area (Å²) in [6, 6.07) is 1.88. The number of nitrogens with zero attached hydrogens (tertiary/aromatic N) is 5. The van der Waals surface area contributed by atoms with Gasteiger partial charge >= 0.3 is 0 Å². The highest BCUT2D eigenvalue weighted by molar-refractivity contribution is 8.14. The second-order valence-electron chi connectivity index (χ2n) is 7.11. The molecule has 2 aromatic heterocycles. The number of anilines is 2. The van der Waals surface area contributed by atoms with Crippen molar-refractivity contribution < 1.29 is 0 Å². The quantitative estimate of drug-likeness (QED) is 0.813. The summed E-state index contributed by atoms with van der Waals surface area (Å²) in [5.74, 6) is 1.56. The van der Waals surface area contributed by atoms with Gasteiger partial charge in [-0.1, -0.05) is 23.4 Å². The first-order valence-corrected chi connectivity index (χ1v) is 10.1. The van der Waals surface area contributed by atoms with Gasteiger partial charge in [0, 0.05) is 36.8 Å². The highest BCUT2D eigenvalue weighted by Gasteiger charge is 2.28. The number of pyridine rings is 1. The number of thioether (sulfide) groups is 1.